The van der Waals surface area contributed by atoms with Crippen LogP contribution in [0, 0.1) is 6.92 Å². The van der Waals surface area contributed by atoms with Gasteiger partial charge in [-0.1, -0.05) is 34.8 Å². The first-order valence-electron chi connectivity index (χ1n) is 7.97. The van der Waals surface area contributed by atoms with Gasteiger partial charge in [0.05, 0.1) is 26.8 Å². The van der Waals surface area contributed by atoms with Crippen LogP contribution >= 0.6 is 34.8 Å². The third-order valence-electron chi connectivity index (χ3n) is 4.47. The SMILES string of the molecule is Cc1cc2nc(N3CCN(c4c(Cl)cncc4Cl)CC3)[nH]c2cc1Cl. The zero-order valence-electron chi connectivity index (χ0n) is 13.6. The summed E-state index contributed by atoms with van der Waals surface area (Å²) in [6, 6.07) is 3.93. The summed E-state index contributed by atoms with van der Waals surface area (Å²) in [7, 11) is 0. The van der Waals surface area contributed by atoms with E-state index in [9.17, 15) is 0 Å². The summed E-state index contributed by atoms with van der Waals surface area (Å²) in [4.78, 5) is 16.5. The highest BCUT2D eigenvalue weighted by Gasteiger charge is 2.23. The van der Waals surface area contributed by atoms with E-state index < -0.39 is 0 Å². The lowest BCUT2D eigenvalue weighted by Gasteiger charge is -2.36. The lowest BCUT2D eigenvalue weighted by Crippen LogP contribution is -2.47. The number of aromatic nitrogens is 3. The molecule has 8 heteroatoms. The molecule has 0 saturated carbocycles. The molecule has 3 aromatic rings. The fraction of sp³-hybridized carbons (Fsp3) is 0.294. The second-order valence-corrected chi connectivity index (χ2v) is 7.33. The Bertz CT molecular complexity index is 872. The minimum Gasteiger partial charge on any atom is -0.365 e. The van der Waals surface area contributed by atoms with E-state index in [1.807, 2.05) is 19.1 Å². The molecule has 1 aliphatic rings. The van der Waals surface area contributed by atoms with Gasteiger partial charge in [-0.05, 0) is 24.6 Å². The average molecular weight is 397 g/mol. The maximum atomic E-state index is 6.27. The van der Waals surface area contributed by atoms with E-state index in [-0.39, 0.29) is 0 Å². The molecular formula is C17H16Cl3N5. The number of pyridine rings is 1. The molecule has 0 aliphatic carbocycles. The molecule has 1 fully saturated rings. The first-order valence-corrected chi connectivity index (χ1v) is 9.11. The van der Waals surface area contributed by atoms with Gasteiger partial charge in [-0.3, -0.25) is 4.98 Å². The molecule has 0 unspecified atom stereocenters. The smallest absolute Gasteiger partial charge is 0.203 e. The summed E-state index contributed by atoms with van der Waals surface area (Å²) in [5, 5.41) is 1.90. The summed E-state index contributed by atoms with van der Waals surface area (Å²) in [5.41, 5.74) is 3.76. The van der Waals surface area contributed by atoms with E-state index >= 15 is 0 Å². The Morgan fingerprint density at radius 1 is 0.920 bits per heavy atom. The molecule has 1 saturated heterocycles. The van der Waals surface area contributed by atoms with E-state index in [4.69, 9.17) is 39.8 Å². The molecule has 1 aliphatic heterocycles. The van der Waals surface area contributed by atoms with Crippen molar-refractivity contribution >= 4 is 57.5 Å². The second kappa shape index (κ2) is 6.56. The molecular weight excluding hydrogens is 381 g/mol. The molecule has 1 N–H and O–H groups in total. The van der Waals surface area contributed by atoms with Crippen molar-refractivity contribution < 1.29 is 0 Å². The molecule has 1 aromatic carbocycles. The first kappa shape index (κ1) is 16.8. The highest BCUT2D eigenvalue weighted by Crippen LogP contribution is 2.33. The molecule has 4 rings (SSSR count). The largest absolute Gasteiger partial charge is 0.365 e. The topological polar surface area (TPSA) is 48.1 Å². The van der Waals surface area contributed by atoms with Crippen molar-refractivity contribution in [2.75, 3.05) is 36.0 Å². The van der Waals surface area contributed by atoms with Gasteiger partial charge >= 0.3 is 0 Å². The van der Waals surface area contributed by atoms with Crippen LogP contribution in [0.1, 0.15) is 5.56 Å². The Labute approximate surface area is 160 Å². The normalized spacial score (nSPS) is 15.2. The highest BCUT2D eigenvalue weighted by molar-refractivity contribution is 6.38. The van der Waals surface area contributed by atoms with Crippen LogP contribution in [0.3, 0.4) is 0 Å². The molecule has 0 bridgehead atoms. The maximum absolute atomic E-state index is 6.27. The monoisotopic (exact) mass is 395 g/mol. The number of fused-ring (bicyclic) bond motifs is 1. The third-order valence-corrected chi connectivity index (χ3v) is 5.43. The van der Waals surface area contributed by atoms with E-state index in [2.05, 4.69) is 19.8 Å². The van der Waals surface area contributed by atoms with Gasteiger partial charge in [0, 0.05) is 43.6 Å². The Morgan fingerprint density at radius 2 is 1.56 bits per heavy atom. The number of hydrogen-bond acceptors (Lipinski definition) is 4. The summed E-state index contributed by atoms with van der Waals surface area (Å²) < 4.78 is 0. The lowest BCUT2D eigenvalue weighted by molar-refractivity contribution is 0.643. The van der Waals surface area contributed by atoms with E-state index in [1.54, 1.807) is 12.4 Å². The number of rotatable bonds is 2. The predicted molar refractivity (Wildman–Crippen MR) is 105 cm³/mol. The molecule has 3 heterocycles. The fourth-order valence-electron chi connectivity index (χ4n) is 3.12. The molecule has 0 amide bonds. The van der Waals surface area contributed by atoms with Gasteiger partial charge in [-0.2, -0.15) is 0 Å². The molecule has 130 valence electrons. The quantitative estimate of drug-likeness (QED) is 0.690. The van der Waals surface area contributed by atoms with Crippen molar-refractivity contribution in [1.82, 2.24) is 15.0 Å². The van der Waals surface area contributed by atoms with Gasteiger partial charge in [-0.15, -0.1) is 0 Å². The van der Waals surface area contributed by atoms with E-state index in [0.29, 0.717) is 10.0 Å². The van der Waals surface area contributed by atoms with E-state index in [0.717, 1.165) is 59.4 Å². The van der Waals surface area contributed by atoms with Crippen LogP contribution in [0.2, 0.25) is 15.1 Å². The van der Waals surface area contributed by atoms with Crippen molar-refractivity contribution in [1.29, 1.82) is 0 Å². The van der Waals surface area contributed by atoms with Crippen LogP contribution < -0.4 is 9.80 Å². The van der Waals surface area contributed by atoms with Crippen LogP contribution in [0.4, 0.5) is 11.6 Å². The summed E-state index contributed by atoms with van der Waals surface area (Å²) >= 11 is 18.7. The zero-order valence-corrected chi connectivity index (χ0v) is 15.8. The molecule has 2 aromatic heterocycles. The first-order chi connectivity index (χ1) is 12.0. The van der Waals surface area contributed by atoms with Crippen LogP contribution in [-0.4, -0.2) is 41.1 Å². The number of anilines is 2. The Hall–Kier alpha value is -1.69. The van der Waals surface area contributed by atoms with E-state index in [1.165, 1.54) is 0 Å². The molecule has 0 radical (unpaired) electrons. The Morgan fingerprint density at radius 3 is 2.24 bits per heavy atom. The fourth-order valence-corrected chi connectivity index (χ4v) is 3.89. The van der Waals surface area contributed by atoms with Crippen LogP contribution in [0.25, 0.3) is 11.0 Å². The van der Waals surface area contributed by atoms with Gasteiger partial charge in [0.15, 0.2) is 0 Å². The molecule has 25 heavy (non-hydrogen) atoms. The van der Waals surface area contributed by atoms with Crippen LogP contribution in [-0.2, 0) is 0 Å². The number of H-pyrrole nitrogens is 1. The predicted octanol–water partition coefficient (Wildman–Crippen LogP) is 4.55. The number of imidazole rings is 1. The minimum atomic E-state index is 0.579. The number of piperazine rings is 1. The summed E-state index contributed by atoms with van der Waals surface area (Å²) in [6.07, 6.45) is 3.25. The Balaban J connectivity index is 1.54. The van der Waals surface area contributed by atoms with Gasteiger partial charge in [-0.25, -0.2) is 4.98 Å². The number of aromatic amines is 1. The number of nitrogens with zero attached hydrogens (tertiary/aromatic N) is 4. The molecule has 5 nitrogen and oxygen atoms in total. The number of benzene rings is 1. The second-order valence-electron chi connectivity index (χ2n) is 6.10. The lowest BCUT2D eigenvalue weighted by atomic mass is 10.2. The number of halogens is 3. The third kappa shape index (κ3) is 3.12. The van der Waals surface area contributed by atoms with Gasteiger partial charge < -0.3 is 14.8 Å². The van der Waals surface area contributed by atoms with Crippen LogP contribution in [0.15, 0.2) is 24.5 Å². The summed E-state index contributed by atoms with van der Waals surface area (Å²) in [5.74, 6) is 0.864. The molecule has 0 spiro atoms. The van der Waals surface area contributed by atoms with Crippen molar-refractivity contribution in [3.8, 4) is 0 Å². The maximum Gasteiger partial charge on any atom is 0.203 e. The molecule has 0 atom stereocenters. The van der Waals surface area contributed by atoms with Crippen molar-refractivity contribution in [3.63, 3.8) is 0 Å². The van der Waals surface area contributed by atoms with Crippen LogP contribution in [0.5, 0.6) is 0 Å². The van der Waals surface area contributed by atoms with Gasteiger partial charge in [0.2, 0.25) is 5.95 Å². The van der Waals surface area contributed by atoms with Crippen molar-refractivity contribution in [2.45, 2.75) is 6.92 Å². The Kier molecular flexibility index (Phi) is 4.40. The minimum absolute atomic E-state index is 0.579. The standard InChI is InChI=1S/C17H16Cl3N5/c1-10-6-14-15(7-11(10)18)23-17(22-14)25-4-2-24(3-5-25)16-12(19)8-21-9-13(16)20/h6-9H,2-5H2,1H3,(H,22,23). The number of aryl methyl sites for hydroxylation is 1. The number of hydrogen-bond donors (Lipinski definition) is 1. The van der Waals surface area contributed by atoms with Gasteiger partial charge in [0.25, 0.3) is 0 Å². The average Bonchev–Trinajstić information content (AvgIpc) is 2.98. The summed E-state index contributed by atoms with van der Waals surface area (Å²) in [6.45, 7) is 5.24. The van der Waals surface area contributed by atoms with Crippen molar-refractivity contribution in [2.24, 2.45) is 0 Å². The zero-order chi connectivity index (χ0) is 17.6. The van der Waals surface area contributed by atoms with Crippen molar-refractivity contribution in [3.05, 3.63) is 45.2 Å². The highest BCUT2D eigenvalue weighted by atomic mass is 35.5. The number of nitrogens with one attached hydrogen (secondary N) is 1. The van der Waals surface area contributed by atoms with Gasteiger partial charge in [0.1, 0.15) is 0 Å².